The second-order valence-corrected chi connectivity index (χ2v) is 10.8. The normalized spacial score (nSPS) is 12.1. The third-order valence-electron chi connectivity index (χ3n) is 3.23. The van der Waals surface area contributed by atoms with Crippen LogP contribution < -0.4 is 4.43 Å². The Morgan fingerprint density at radius 2 is 1.88 bits per heavy atom. The standard InChI is InChI=1S/C13H18ClNOSi/c1-13(2,3)17(4,5)16-12-7-6-10(9-15)8-11(12)14/h6-8H,1-5H3. The summed E-state index contributed by atoms with van der Waals surface area (Å²) in [4.78, 5) is 0. The van der Waals surface area contributed by atoms with E-state index in [4.69, 9.17) is 21.3 Å². The van der Waals surface area contributed by atoms with Crippen LogP contribution in [-0.4, -0.2) is 8.32 Å². The lowest BCUT2D eigenvalue weighted by Crippen LogP contribution is -2.43. The molecule has 0 saturated heterocycles. The summed E-state index contributed by atoms with van der Waals surface area (Å²) in [6, 6.07) is 7.21. The lowest BCUT2D eigenvalue weighted by molar-refractivity contribution is 0.492. The zero-order chi connectivity index (χ0) is 13.3. The van der Waals surface area contributed by atoms with Gasteiger partial charge in [0.15, 0.2) is 0 Å². The topological polar surface area (TPSA) is 33.0 Å². The first kappa shape index (κ1) is 14.1. The lowest BCUT2D eigenvalue weighted by Gasteiger charge is -2.36. The van der Waals surface area contributed by atoms with Gasteiger partial charge >= 0.3 is 0 Å². The first-order valence-electron chi connectivity index (χ1n) is 5.56. The summed E-state index contributed by atoms with van der Waals surface area (Å²) < 4.78 is 6.09. The minimum Gasteiger partial charge on any atom is -0.543 e. The van der Waals surface area contributed by atoms with Crippen LogP contribution in [0.15, 0.2) is 18.2 Å². The highest BCUT2D eigenvalue weighted by Crippen LogP contribution is 2.39. The quantitative estimate of drug-likeness (QED) is 0.734. The largest absolute Gasteiger partial charge is 0.543 e. The van der Waals surface area contributed by atoms with E-state index < -0.39 is 8.32 Å². The van der Waals surface area contributed by atoms with Crippen molar-refractivity contribution in [2.45, 2.75) is 38.9 Å². The number of rotatable bonds is 2. The molecule has 0 N–H and O–H groups in total. The average Bonchev–Trinajstić information content (AvgIpc) is 2.19. The highest BCUT2D eigenvalue weighted by Gasteiger charge is 2.39. The second-order valence-electron chi connectivity index (χ2n) is 5.62. The average molecular weight is 268 g/mol. The molecule has 0 aliphatic carbocycles. The Kier molecular flexibility index (Phi) is 3.90. The molecule has 0 unspecified atom stereocenters. The molecular formula is C13H18ClNOSi. The number of halogens is 1. The number of nitrogens with zero attached hydrogens (tertiary/aromatic N) is 1. The molecule has 17 heavy (non-hydrogen) atoms. The van der Waals surface area contributed by atoms with Gasteiger partial charge in [-0.15, -0.1) is 0 Å². The molecular weight excluding hydrogens is 250 g/mol. The third-order valence-corrected chi connectivity index (χ3v) is 7.87. The smallest absolute Gasteiger partial charge is 0.250 e. The summed E-state index contributed by atoms with van der Waals surface area (Å²) in [5.41, 5.74) is 0.553. The van der Waals surface area contributed by atoms with Crippen LogP contribution in [-0.2, 0) is 0 Å². The van der Waals surface area contributed by atoms with Crippen LogP contribution in [0.4, 0.5) is 0 Å². The predicted octanol–water partition coefficient (Wildman–Crippen LogP) is 4.60. The molecule has 92 valence electrons. The molecule has 0 amide bonds. The van der Waals surface area contributed by atoms with Gasteiger partial charge < -0.3 is 4.43 Å². The highest BCUT2D eigenvalue weighted by molar-refractivity contribution is 6.74. The maximum atomic E-state index is 8.77. The van der Waals surface area contributed by atoms with Crippen LogP contribution in [0, 0.1) is 11.3 Å². The zero-order valence-electron chi connectivity index (χ0n) is 11.0. The maximum Gasteiger partial charge on any atom is 0.250 e. The van der Waals surface area contributed by atoms with Gasteiger partial charge in [-0.3, -0.25) is 0 Å². The Bertz CT molecular complexity index is 457. The molecule has 0 fully saturated rings. The summed E-state index contributed by atoms with van der Waals surface area (Å²) in [5.74, 6) is 0.678. The van der Waals surface area contributed by atoms with E-state index >= 15 is 0 Å². The maximum absolute atomic E-state index is 8.77. The van der Waals surface area contributed by atoms with Gasteiger partial charge in [-0.2, -0.15) is 5.26 Å². The van der Waals surface area contributed by atoms with Gasteiger partial charge in [-0.25, -0.2) is 0 Å². The molecule has 0 aliphatic rings. The van der Waals surface area contributed by atoms with Gasteiger partial charge in [0.05, 0.1) is 16.7 Å². The molecule has 0 bridgehead atoms. The summed E-state index contributed by atoms with van der Waals surface area (Å²) >= 11 is 6.11. The van der Waals surface area contributed by atoms with Crippen LogP contribution in [0.3, 0.4) is 0 Å². The van der Waals surface area contributed by atoms with E-state index in [1.165, 1.54) is 0 Å². The molecule has 0 radical (unpaired) electrons. The van der Waals surface area contributed by atoms with Crippen LogP contribution >= 0.6 is 11.6 Å². The molecule has 0 aromatic heterocycles. The molecule has 1 aromatic carbocycles. The summed E-state index contributed by atoms with van der Waals surface area (Å²) in [6.45, 7) is 10.9. The first-order chi connectivity index (χ1) is 7.67. The Labute approximate surface area is 109 Å². The fourth-order valence-electron chi connectivity index (χ4n) is 1.08. The molecule has 1 rings (SSSR count). The van der Waals surface area contributed by atoms with Crippen molar-refractivity contribution in [1.82, 2.24) is 0 Å². The number of hydrogen-bond donors (Lipinski definition) is 0. The van der Waals surface area contributed by atoms with E-state index in [1.54, 1.807) is 18.2 Å². The van der Waals surface area contributed by atoms with Crippen LogP contribution in [0.25, 0.3) is 0 Å². The molecule has 0 spiro atoms. The van der Waals surface area contributed by atoms with Crippen molar-refractivity contribution < 1.29 is 4.43 Å². The minimum atomic E-state index is -1.87. The van der Waals surface area contributed by atoms with E-state index in [1.807, 2.05) is 0 Å². The summed E-state index contributed by atoms with van der Waals surface area (Å²) in [6.07, 6.45) is 0. The minimum absolute atomic E-state index is 0.129. The van der Waals surface area contributed by atoms with E-state index in [-0.39, 0.29) is 5.04 Å². The lowest BCUT2D eigenvalue weighted by atomic mass is 10.2. The van der Waals surface area contributed by atoms with E-state index in [0.29, 0.717) is 16.3 Å². The molecule has 1 aromatic rings. The van der Waals surface area contributed by atoms with Gasteiger partial charge in [-0.05, 0) is 36.3 Å². The van der Waals surface area contributed by atoms with Gasteiger partial charge in [-0.1, -0.05) is 32.4 Å². The predicted molar refractivity (Wildman–Crippen MR) is 74.0 cm³/mol. The fraction of sp³-hybridized carbons (Fsp3) is 0.462. The zero-order valence-corrected chi connectivity index (χ0v) is 12.7. The van der Waals surface area contributed by atoms with Gasteiger partial charge in [0, 0.05) is 0 Å². The molecule has 0 saturated carbocycles. The Morgan fingerprint density at radius 1 is 1.29 bits per heavy atom. The third kappa shape index (κ3) is 3.24. The molecule has 0 atom stereocenters. The van der Waals surface area contributed by atoms with Crippen molar-refractivity contribution in [3.8, 4) is 11.8 Å². The molecule has 4 heteroatoms. The monoisotopic (exact) mass is 267 g/mol. The Balaban J connectivity index is 3.02. The fourth-order valence-corrected chi connectivity index (χ4v) is 2.40. The van der Waals surface area contributed by atoms with Gasteiger partial charge in [0.2, 0.25) is 0 Å². The van der Waals surface area contributed by atoms with E-state index in [2.05, 4.69) is 39.9 Å². The van der Waals surface area contributed by atoms with E-state index in [9.17, 15) is 0 Å². The second kappa shape index (κ2) is 4.71. The molecule has 0 aliphatic heterocycles. The first-order valence-corrected chi connectivity index (χ1v) is 8.85. The SMILES string of the molecule is CC(C)(C)[Si](C)(C)Oc1ccc(C#N)cc1Cl. The van der Waals surface area contributed by atoms with Crippen molar-refractivity contribution >= 4 is 19.9 Å². The van der Waals surface area contributed by atoms with E-state index in [0.717, 1.165) is 0 Å². The van der Waals surface area contributed by atoms with Crippen LogP contribution in [0.5, 0.6) is 5.75 Å². The van der Waals surface area contributed by atoms with Crippen molar-refractivity contribution in [1.29, 1.82) is 5.26 Å². The molecule has 2 nitrogen and oxygen atoms in total. The molecule has 0 heterocycles. The van der Waals surface area contributed by atoms with Crippen molar-refractivity contribution in [3.05, 3.63) is 28.8 Å². The summed E-state index contributed by atoms with van der Waals surface area (Å²) in [7, 11) is -1.87. The highest BCUT2D eigenvalue weighted by atomic mass is 35.5. The number of nitriles is 1. The van der Waals surface area contributed by atoms with Crippen LogP contribution in [0.1, 0.15) is 26.3 Å². The Hall–Kier alpha value is -0.983. The Morgan fingerprint density at radius 3 is 2.29 bits per heavy atom. The number of hydrogen-bond acceptors (Lipinski definition) is 2. The van der Waals surface area contributed by atoms with Crippen molar-refractivity contribution in [3.63, 3.8) is 0 Å². The van der Waals surface area contributed by atoms with Gasteiger partial charge in [0.1, 0.15) is 5.75 Å². The van der Waals surface area contributed by atoms with Crippen molar-refractivity contribution in [2.24, 2.45) is 0 Å². The van der Waals surface area contributed by atoms with Gasteiger partial charge in [0.25, 0.3) is 8.32 Å². The van der Waals surface area contributed by atoms with Crippen molar-refractivity contribution in [2.75, 3.05) is 0 Å². The van der Waals surface area contributed by atoms with Crippen LogP contribution in [0.2, 0.25) is 23.2 Å². The summed E-state index contributed by atoms with van der Waals surface area (Å²) in [5, 5.41) is 9.41. The number of benzene rings is 1.